The Labute approximate surface area is 190 Å². The molecule has 166 valence electrons. The van der Waals surface area contributed by atoms with Crippen LogP contribution in [0.4, 0.5) is 4.79 Å². The van der Waals surface area contributed by atoms with Crippen molar-refractivity contribution in [1.29, 1.82) is 0 Å². The molecule has 0 spiro atoms. The van der Waals surface area contributed by atoms with Crippen molar-refractivity contribution in [3.63, 3.8) is 0 Å². The van der Waals surface area contributed by atoms with Gasteiger partial charge in [-0.1, -0.05) is 12.1 Å². The number of amides is 1. The van der Waals surface area contributed by atoms with E-state index < -0.39 is 21.7 Å². The van der Waals surface area contributed by atoms with Crippen LogP contribution in [0.5, 0.6) is 0 Å². The number of rotatable bonds is 8. The molecule has 0 aliphatic heterocycles. The maximum Gasteiger partial charge on any atom is 0.407 e. The molecule has 9 nitrogen and oxygen atoms in total. The average molecular weight is 541 g/mol. The number of nitrogens with one attached hydrogen (secondary N) is 3. The Morgan fingerprint density at radius 2 is 1.62 bits per heavy atom. The van der Waals surface area contributed by atoms with Gasteiger partial charge in [0.25, 0.3) is 0 Å². The minimum atomic E-state index is -3.67. The molecule has 0 heterocycles. The van der Waals surface area contributed by atoms with Crippen molar-refractivity contribution < 1.29 is 17.9 Å². The predicted octanol–water partition coefficient (Wildman–Crippen LogP) is 1.57. The minimum absolute atomic E-state index is 0. The van der Waals surface area contributed by atoms with E-state index in [0.717, 1.165) is 12.0 Å². The molecule has 0 aliphatic rings. The van der Waals surface area contributed by atoms with Crippen LogP contribution in [-0.2, 0) is 21.2 Å². The number of aliphatic imine (C=N–C) groups is 1. The van der Waals surface area contributed by atoms with E-state index in [-0.39, 0.29) is 28.9 Å². The Morgan fingerprint density at radius 1 is 1.07 bits per heavy atom. The zero-order valence-electron chi connectivity index (χ0n) is 17.3. The summed E-state index contributed by atoms with van der Waals surface area (Å²) in [5.41, 5.74) is 0.476. The number of carbonyl (C=O) groups is 1. The molecule has 1 aromatic carbocycles. The number of guanidine groups is 1. The zero-order valence-corrected chi connectivity index (χ0v) is 20.5. The first-order valence-corrected chi connectivity index (χ1v) is 10.6. The number of hydrogen-bond donors (Lipinski definition) is 4. The van der Waals surface area contributed by atoms with E-state index in [1.165, 1.54) is 12.1 Å². The summed E-state index contributed by atoms with van der Waals surface area (Å²) in [6, 6.07) is 6.46. The van der Waals surface area contributed by atoms with Gasteiger partial charge in [0.2, 0.25) is 10.0 Å². The fraction of sp³-hybridized carbons (Fsp3) is 0.556. The van der Waals surface area contributed by atoms with Crippen LogP contribution in [0.2, 0.25) is 0 Å². The average Bonchev–Trinajstić information content (AvgIpc) is 2.58. The van der Waals surface area contributed by atoms with Gasteiger partial charge < -0.3 is 20.7 Å². The molecule has 1 rings (SSSR count). The minimum Gasteiger partial charge on any atom is -0.444 e. The second-order valence-electron chi connectivity index (χ2n) is 7.15. The molecule has 5 N–H and O–H groups in total. The van der Waals surface area contributed by atoms with Gasteiger partial charge in [0, 0.05) is 26.7 Å². The Hall–Kier alpha value is -1.60. The number of carbonyl (C=O) groups excluding carboxylic acids is 1. The molecule has 1 aromatic rings. The number of nitrogens with two attached hydrogens (primary N) is 1. The van der Waals surface area contributed by atoms with Crippen molar-refractivity contribution in [3.05, 3.63) is 29.8 Å². The Balaban J connectivity index is 0.00000784. The van der Waals surface area contributed by atoms with Crippen molar-refractivity contribution in [2.24, 2.45) is 10.1 Å². The van der Waals surface area contributed by atoms with Gasteiger partial charge in [-0.25, -0.2) is 18.4 Å². The highest BCUT2D eigenvalue weighted by molar-refractivity contribution is 14.0. The van der Waals surface area contributed by atoms with Crippen molar-refractivity contribution in [1.82, 2.24) is 16.0 Å². The van der Waals surface area contributed by atoms with E-state index in [4.69, 9.17) is 9.88 Å². The number of ether oxygens (including phenoxy) is 1. The normalized spacial score (nSPS) is 12.0. The van der Waals surface area contributed by atoms with E-state index in [0.29, 0.717) is 32.0 Å². The van der Waals surface area contributed by atoms with Gasteiger partial charge in [-0.3, -0.25) is 4.99 Å². The van der Waals surface area contributed by atoms with Crippen LogP contribution in [0.3, 0.4) is 0 Å². The SMILES string of the molecule is CN=C(NCCCNC(=O)OC(C)(C)C)NCCc1ccc(S(N)(=O)=O)cc1.I. The molecule has 0 fully saturated rings. The van der Waals surface area contributed by atoms with Crippen LogP contribution in [-0.4, -0.2) is 52.8 Å². The Bertz CT molecular complexity index is 761. The quantitative estimate of drug-likeness (QED) is 0.171. The molecule has 0 aromatic heterocycles. The molecule has 0 radical (unpaired) electrons. The fourth-order valence-corrected chi connectivity index (χ4v) is 2.71. The summed E-state index contributed by atoms with van der Waals surface area (Å²) in [5.74, 6) is 0.651. The molecule has 1 amide bonds. The molecule has 29 heavy (non-hydrogen) atoms. The van der Waals surface area contributed by atoms with E-state index >= 15 is 0 Å². The lowest BCUT2D eigenvalue weighted by atomic mass is 10.1. The number of halogens is 1. The van der Waals surface area contributed by atoms with Crippen molar-refractivity contribution in [2.45, 2.75) is 44.1 Å². The summed E-state index contributed by atoms with van der Waals surface area (Å²) in [7, 11) is -1.99. The van der Waals surface area contributed by atoms with E-state index in [1.807, 2.05) is 20.8 Å². The number of nitrogens with zero attached hydrogens (tertiary/aromatic N) is 1. The van der Waals surface area contributed by atoms with Crippen molar-refractivity contribution in [2.75, 3.05) is 26.7 Å². The van der Waals surface area contributed by atoms with Crippen LogP contribution in [0.1, 0.15) is 32.8 Å². The van der Waals surface area contributed by atoms with Gasteiger partial charge in [0.15, 0.2) is 5.96 Å². The first kappa shape index (κ1) is 27.4. The highest BCUT2D eigenvalue weighted by Gasteiger charge is 2.15. The number of hydrogen-bond acceptors (Lipinski definition) is 5. The number of sulfonamides is 1. The van der Waals surface area contributed by atoms with Gasteiger partial charge in [0.05, 0.1) is 4.90 Å². The van der Waals surface area contributed by atoms with Gasteiger partial charge in [-0.15, -0.1) is 24.0 Å². The molecule has 11 heteroatoms. The molecule has 0 atom stereocenters. The van der Waals surface area contributed by atoms with Crippen LogP contribution >= 0.6 is 24.0 Å². The summed E-state index contributed by atoms with van der Waals surface area (Å²) < 4.78 is 27.6. The lowest BCUT2D eigenvalue weighted by molar-refractivity contribution is 0.0527. The third kappa shape index (κ3) is 12.5. The molecule has 0 saturated heterocycles. The van der Waals surface area contributed by atoms with Gasteiger partial charge in [-0.05, 0) is 51.3 Å². The van der Waals surface area contributed by atoms with Gasteiger partial charge >= 0.3 is 6.09 Å². The topological polar surface area (TPSA) is 135 Å². The van der Waals surface area contributed by atoms with Crippen LogP contribution in [0, 0.1) is 0 Å². The second kappa shape index (κ2) is 12.9. The largest absolute Gasteiger partial charge is 0.444 e. The zero-order chi connectivity index (χ0) is 21.2. The second-order valence-corrected chi connectivity index (χ2v) is 8.71. The standard InChI is InChI=1S/C18H31N5O4S.HI/c1-18(2,3)27-17(24)23-12-5-11-21-16(20-4)22-13-10-14-6-8-15(9-7-14)28(19,25)26;/h6-9H,5,10-13H2,1-4H3,(H,23,24)(H2,19,25,26)(H2,20,21,22);1H. The maximum absolute atomic E-state index is 11.5. The van der Waals surface area contributed by atoms with Crippen LogP contribution in [0.15, 0.2) is 34.2 Å². The summed E-state index contributed by atoms with van der Waals surface area (Å²) in [4.78, 5) is 15.8. The summed E-state index contributed by atoms with van der Waals surface area (Å²) in [6.45, 7) is 7.22. The van der Waals surface area contributed by atoms with Crippen LogP contribution in [0.25, 0.3) is 0 Å². The van der Waals surface area contributed by atoms with Crippen LogP contribution < -0.4 is 21.1 Å². The summed E-state index contributed by atoms with van der Waals surface area (Å²) in [5, 5.41) is 14.1. The van der Waals surface area contributed by atoms with E-state index in [2.05, 4.69) is 20.9 Å². The summed E-state index contributed by atoms with van der Waals surface area (Å²) in [6.07, 6.45) is 0.990. The lowest BCUT2D eigenvalue weighted by Crippen LogP contribution is -2.40. The molecule has 0 aliphatic carbocycles. The molecule has 0 saturated carbocycles. The summed E-state index contributed by atoms with van der Waals surface area (Å²) >= 11 is 0. The molecule has 0 bridgehead atoms. The highest BCUT2D eigenvalue weighted by atomic mass is 127. The van der Waals surface area contributed by atoms with E-state index in [1.54, 1.807) is 19.2 Å². The van der Waals surface area contributed by atoms with Gasteiger partial charge in [0.1, 0.15) is 5.60 Å². The Morgan fingerprint density at radius 3 is 2.14 bits per heavy atom. The number of benzene rings is 1. The van der Waals surface area contributed by atoms with E-state index in [9.17, 15) is 13.2 Å². The molecular weight excluding hydrogens is 509 g/mol. The third-order valence-corrected chi connectivity index (χ3v) is 4.43. The Kier molecular flexibility index (Phi) is 12.1. The highest BCUT2D eigenvalue weighted by Crippen LogP contribution is 2.09. The lowest BCUT2D eigenvalue weighted by Gasteiger charge is -2.19. The van der Waals surface area contributed by atoms with Gasteiger partial charge in [-0.2, -0.15) is 0 Å². The first-order valence-electron chi connectivity index (χ1n) is 9.04. The third-order valence-electron chi connectivity index (χ3n) is 3.50. The molecule has 0 unspecified atom stereocenters. The number of alkyl carbamates (subject to hydrolysis) is 1. The van der Waals surface area contributed by atoms with Crippen molar-refractivity contribution >= 4 is 46.1 Å². The fourth-order valence-electron chi connectivity index (χ4n) is 2.19. The smallest absolute Gasteiger partial charge is 0.407 e. The first-order chi connectivity index (χ1) is 13.0. The molecular formula is C18H32IN5O4S. The monoisotopic (exact) mass is 541 g/mol. The number of primary sulfonamides is 1. The van der Waals surface area contributed by atoms with Crippen molar-refractivity contribution in [3.8, 4) is 0 Å². The predicted molar refractivity (Wildman–Crippen MR) is 125 cm³/mol. The maximum atomic E-state index is 11.5.